The summed E-state index contributed by atoms with van der Waals surface area (Å²) < 4.78 is 0. The SMILES string of the molecule is CN(C)/C=N\c1ccc(Cl)nc1C#N. The number of hydrogen-bond acceptors (Lipinski definition) is 3. The Morgan fingerprint density at radius 2 is 2.29 bits per heavy atom. The van der Waals surface area contributed by atoms with Gasteiger partial charge in [-0.25, -0.2) is 9.98 Å². The molecule has 4 nitrogen and oxygen atoms in total. The van der Waals surface area contributed by atoms with Crippen LogP contribution in [0.2, 0.25) is 5.15 Å². The van der Waals surface area contributed by atoms with Gasteiger partial charge in [-0.2, -0.15) is 5.26 Å². The Hall–Kier alpha value is -1.60. The van der Waals surface area contributed by atoms with E-state index in [0.29, 0.717) is 10.8 Å². The molecule has 0 bridgehead atoms. The van der Waals surface area contributed by atoms with Crippen molar-refractivity contribution in [3.05, 3.63) is 23.0 Å². The van der Waals surface area contributed by atoms with Gasteiger partial charge in [0.25, 0.3) is 0 Å². The summed E-state index contributed by atoms with van der Waals surface area (Å²) in [6.07, 6.45) is 1.60. The van der Waals surface area contributed by atoms with E-state index in [1.807, 2.05) is 20.2 Å². The lowest BCUT2D eigenvalue weighted by atomic mass is 10.3. The fraction of sp³-hybridized carbons (Fsp3) is 0.222. The second kappa shape index (κ2) is 4.58. The van der Waals surface area contributed by atoms with Crippen LogP contribution in [-0.2, 0) is 0 Å². The van der Waals surface area contributed by atoms with Crippen molar-refractivity contribution < 1.29 is 0 Å². The lowest BCUT2D eigenvalue weighted by molar-refractivity contribution is 0.643. The summed E-state index contributed by atoms with van der Waals surface area (Å²) in [5.41, 5.74) is 0.751. The molecule has 0 fully saturated rings. The van der Waals surface area contributed by atoms with Crippen molar-refractivity contribution in [2.24, 2.45) is 4.99 Å². The molecular formula is C9H9ClN4. The highest BCUT2D eigenvalue weighted by Gasteiger charge is 2.01. The van der Waals surface area contributed by atoms with Gasteiger partial charge in [-0.05, 0) is 12.1 Å². The van der Waals surface area contributed by atoms with Gasteiger partial charge >= 0.3 is 0 Å². The largest absolute Gasteiger partial charge is 0.369 e. The topological polar surface area (TPSA) is 52.3 Å². The first-order valence-electron chi connectivity index (χ1n) is 3.90. The second-order valence-corrected chi connectivity index (χ2v) is 3.21. The summed E-state index contributed by atoms with van der Waals surface area (Å²) in [5.74, 6) is 0. The minimum Gasteiger partial charge on any atom is -0.369 e. The van der Waals surface area contributed by atoms with Crippen molar-refractivity contribution >= 4 is 23.6 Å². The quantitative estimate of drug-likeness (QED) is 0.423. The Kier molecular flexibility index (Phi) is 3.43. The Morgan fingerprint density at radius 1 is 1.57 bits per heavy atom. The molecular weight excluding hydrogens is 200 g/mol. The monoisotopic (exact) mass is 208 g/mol. The molecule has 0 spiro atoms. The van der Waals surface area contributed by atoms with Crippen molar-refractivity contribution in [3.8, 4) is 6.07 Å². The summed E-state index contributed by atoms with van der Waals surface area (Å²) in [6.45, 7) is 0. The van der Waals surface area contributed by atoms with Crippen LogP contribution in [0, 0.1) is 11.3 Å². The highest BCUT2D eigenvalue weighted by Crippen LogP contribution is 2.18. The maximum Gasteiger partial charge on any atom is 0.167 e. The minimum atomic E-state index is 0.232. The minimum absolute atomic E-state index is 0.232. The zero-order valence-corrected chi connectivity index (χ0v) is 8.65. The van der Waals surface area contributed by atoms with Gasteiger partial charge in [0.1, 0.15) is 16.9 Å². The number of nitrogens with zero attached hydrogens (tertiary/aromatic N) is 4. The molecule has 14 heavy (non-hydrogen) atoms. The van der Waals surface area contributed by atoms with Gasteiger partial charge in [-0.3, -0.25) is 0 Å². The molecule has 0 saturated carbocycles. The highest BCUT2D eigenvalue weighted by molar-refractivity contribution is 6.29. The molecule has 5 heteroatoms. The Labute approximate surface area is 87.5 Å². The molecule has 0 aliphatic carbocycles. The fourth-order valence-corrected chi connectivity index (χ4v) is 0.940. The van der Waals surface area contributed by atoms with E-state index in [2.05, 4.69) is 9.98 Å². The molecule has 1 heterocycles. The molecule has 0 N–H and O–H groups in total. The molecule has 0 aliphatic heterocycles. The predicted molar refractivity (Wildman–Crippen MR) is 55.8 cm³/mol. The zero-order chi connectivity index (χ0) is 10.6. The standard InChI is InChI=1S/C9H9ClN4/c1-14(2)6-12-7-3-4-9(10)13-8(7)5-11/h3-4,6H,1-2H3/b12-6-. The van der Waals surface area contributed by atoms with Crippen LogP contribution in [0.3, 0.4) is 0 Å². The number of hydrogen-bond donors (Lipinski definition) is 0. The molecule has 0 amide bonds. The lowest BCUT2D eigenvalue weighted by Crippen LogP contribution is -2.07. The van der Waals surface area contributed by atoms with Crippen LogP contribution in [0.4, 0.5) is 5.69 Å². The van der Waals surface area contributed by atoms with E-state index in [1.54, 1.807) is 23.4 Å². The van der Waals surface area contributed by atoms with Crippen LogP contribution < -0.4 is 0 Å². The first kappa shape index (κ1) is 10.5. The second-order valence-electron chi connectivity index (χ2n) is 2.82. The first-order valence-corrected chi connectivity index (χ1v) is 4.28. The average molecular weight is 209 g/mol. The molecule has 72 valence electrons. The molecule has 0 saturated heterocycles. The van der Waals surface area contributed by atoms with Crippen LogP contribution in [0.1, 0.15) is 5.69 Å². The third-order valence-corrected chi connectivity index (χ3v) is 1.58. The normalized spacial score (nSPS) is 10.1. The summed E-state index contributed by atoms with van der Waals surface area (Å²) >= 11 is 5.63. The van der Waals surface area contributed by atoms with E-state index >= 15 is 0 Å². The maximum absolute atomic E-state index is 8.75. The summed E-state index contributed by atoms with van der Waals surface area (Å²) in [5, 5.41) is 9.05. The van der Waals surface area contributed by atoms with Gasteiger partial charge in [0.15, 0.2) is 5.69 Å². The van der Waals surface area contributed by atoms with Gasteiger partial charge in [0, 0.05) is 14.1 Å². The summed E-state index contributed by atoms with van der Waals surface area (Å²) in [4.78, 5) is 9.69. The number of aliphatic imine (C=N–C) groups is 1. The van der Waals surface area contributed by atoms with E-state index < -0.39 is 0 Å². The van der Waals surface area contributed by atoms with Gasteiger partial charge < -0.3 is 4.90 Å². The van der Waals surface area contributed by atoms with E-state index in [0.717, 1.165) is 0 Å². The highest BCUT2D eigenvalue weighted by atomic mass is 35.5. The number of aromatic nitrogens is 1. The van der Waals surface area contributed by atoms with Crippen molar-refractivity contribution in [1.29, 1.82) is 5.26 Å². The molecule has 1 aromatic heterocycles. The molecule has 0 radical (unpaired) electrons. The van der Waals surface area contributed by atoms with E-state index in [-0.39, 0.29) is 5.69 Å². The van der Waals surface area contributed by atoms with Crippen LogP contribution in [0.15, 0.2) is 17.1 Å². The third-order valence-electron chi connectivity index (χ3n) is 1.37. The van der Waals surface area contributed by atoms with Gasteiger partial charge in [0.2, 0.25) is 0 Å². The zero-order valence-electron chi connectivity index (χ0n) is 7.90. The summed E-state index contributed by atoms with van der Waals surface area (Å²) in [6, 6.07) is 5.19. The van der Waals surface area contributed by atoms with Crippen LogP contribution in [0.5, 0.6) is 0 Å². The number of rotatable bonds is 2. The maximum atomic E-state index is 8.75. The van der Waals surface area contributed by atoms with Crippen molar-refractivity contribution in [3.63, 3.8) is 0 Å². The molecule has 1 aromatic rings. The summed E-state index contributed by atoms with van der Waals surface area (Å²) in [7, 11) is 3.69. The number of halogens is 1. The van der Waals surface area contributed by atoms with E-state index in [4.69, 9.17) is 16.9 Å². The lowest BCUT2D eigenvalue weighted by Gasteiger charge is -2.02. The number of pyridine rings is 1. The molecule has 1 rings (SSSR count). The van der Waals surface area contributed by atoms with Gasteiger partial charge in [-0.15, -0.1) is 0 Å². The molecule has 0 aliphatic rings. The van der Waals surface area contributed by atoms with Crippen LogP contribution in [0.25, 0.3) is 0 Å². The van der Waals surface area contributed by atoms with Crippen LogP contribution >= 0.6 is 11.6 Å². The van der Waals surface area contributed by atoms with E-state index in [1.165, 1.54) is 0 Å². The number of nitriles is 1. The molecule has 0 unspecified atom stereocenters. The Balaban J connectivity index is 3.04. The molecule has 0 atom stereocenters. The van der Waals surface area contributed by atoms with Gasteiger partial charge in [0.05, 0.1) is 6.34 Å². The van der Waals surface area contributed by atoms with Crippen molar-refractivity contribution in [2.45, 2.75) is 0 Å². The van der Waals surface area contributed by atoms with Crippen LogP contribution in [-0.4, -0.2) is 30.3 Å². The average Bonchev–Trinajstić information content (AvgIpc) is 2.15. The third kappa shape index (κ3) is 2.71. The van der Waals surface area contributed by atoms with Crippen molar-refractivity contribution in [1.82, 2.24) is 9.88 Å². The molecule has 0 aromatic carbocycles. The first-order chi connectivity index (χ1) is 6.63. The van der Waals surface area contributed by atoms with E-state index in [9.17, 15) is 0 Å². The predicted octanol–water partition coefficient (Wildman–Crippen LogP) is 1.83. The fourth-order valence-electron chi connectivity index (χ4n) is 0.792. The van der Waals surface area contributed by atoms with Gasteiger partial charge in [-0.1, -0.05) is 11.6 Å². The van der Waals surface area contributed by atoms with Crippen molar-refractivity contribution in [2.75, 3.05) is 14.1 Å². The smallest absolute Gasteiger partial charge is 0.167 e. The Bertz CT molecular complexity index is 392. The Morgan fingerprint density at radius 3 is 2.86 bits per heavy atom.